The molecule has 1 saturated carbocycles. The highest BCUT2D eigenvalue weighted by Crippen LogP contribution is 2.41. The first-order valence-electron chi connectivity index (χ1n) is 6.18. The Morgan fingerprint density at radius 2 is 2.28 bits per heavy atom. The maximum absolute atomic E-state index is 12.1. The topological polar surface area (TPSA) is 67.2 Å². The third-order valence-corrected chi connectivity index (χ3v) is 4.88. The van der Waals surface area contributed by atoms with Crippen molar-refractivity contribution in [3.63, 3.8) is 0 Å². The smallest absolute Gasteiger partial charge is 0.263 e. The van der Waals surface area contributed by atoms with E-state index in [2.05, 4.69) is 17.6 Å². The number of nitrogen functional groups attached to an aromatic ring is 1. The maximum atomic E-state index is 12.1. The molecule has 1 heterocycles. The van der Waals surface area contributed by atoms with Crippen LogP contribution in [0, 0.1) is 0 Å². The SMILES string of the molecule is CCCNc1sc(C(=O)NC2CC2)c(N)c1SC. The summed E-state index contributed by atoms with van der Waals surface area (Å²) in [4.78, 5) is 13.7. The summed E-state index contributed by atoms with van der Waals surface area (Å²) in [7, 11) is 0. The molecule has 1 amide bonds. The fourth-order valence-electron chi connectivity index (χ4n) is 1.63. The second-order valence-electron chi connectivity index (χ2n) is 4.38. The average molecular weight is 285 g/mol. The Balaban J connectivity index is 2.18. The highest BCUT2D eigenvalue weighted by molar-refractivity contribution is 7.99. The van der Waals surface area contributed by atoms with Crippen LogP contribution in [0.2, 0.25) is 0 Å². The second kappa shape index (κ2) is 5.84. The molecule has 0 aliphatic heterocycles. The van der Waals surface area contributed by atoms with Crippen molar-refractivity contribution in [2.45, 2.75) is 37.1 Å². The van der Waals surface area contributed by atoms with Gasteiger partial charge >= 0.3 is 0 Å². The van der Waals surface area contributed by atoms with Crippen molar-refractivity contribution in [1.29, 1.82) is 0 Å². The monoisotopic (exact) mass is 285 g/mol. The van der Waals surface area contributed by atoms with Gasteiger partial charge in [0.05, 0.1) is 10.6 Å². The normalized spacial score (nSPS) is 14.6. The lowest BCUT2D eigenvalue weighted by atomic mass is 10.3. The predicted molar refractivity (Wildman–Crippen MR) is 79.8 cm³/mol. The molecule has 0 bridgehead atoms. The van der Waals surface area contributed by atoms with Gasteiger partial charge in [-0.1, -0.05) is 6.92 Å². The molecule has 0 atom stereocenters. The Kier molecular flexibility index (Phi) is 4.40. The van der Waals surface area contributed by atoms with Crippen LogP contribution in [-0.4, -0.2) is 24.7 Å². The molecule has 0 radical (unpaired) electrons. The van der Waals surface area contributed by atoms with Gasteiger partial charge in [-0.2, -0.15) is 0 Å². The Hall–Kier alpha value is -0.880. The van der Waals surface area contributed by atoms with Gasteiger partial charge in [-0.15, -0.1) is 23.1 Å². The Labute approximate surface area is 116 Å². The molecule has 1 aliphatic rings. The summed E-state index contributed by atoms with van der Waals surface area (Å²) < 4.78 is 0. The molecule has 0 unspecified atom stereocenters. The number of nitrogens with two attached hydrogens (primary N) is 1. The van der Waals surface area contributed by atoms with E-state index in [1.54, 1.807) is 11.8 Å². The van der Waals surface area contributed by atoms with Crippen molar-refractivity contribution in [2.75, 3.05) is 23.9 Å². The lowest BCUT2D eigenvalue weighted by Crippen LogP contribution is -2.25. The number of nitrogens with one attached hydrogen (secondary N) is 2. The molecule has 1 aromatic heterocycles. The number of rotatable bonds is 6. The largest absolute Gasteiger partial charge is 0.396 e. The summed E-state index contributed by atoms with van der Waals surface area (Å²) in [6, 6.07) is 0.365. The van der Waals surface area contributed by atoms with Gasteiger partial charge in [0.25, 0.3) is 5.91 Å². The summed E-state index contributed by atoms with van der Waals surface area (Å²) in [5, 5.41) is 7.34. The molecule has 2 rings (SSSR count). The van der Waals surface area contributed by atoms with Crippen molar-refractivity contribution < 1.29 is 4.79 Å². The average Bonchev–Trinajstić information content (AvgIpc) is 3.10. The van der Waals surface area contributed by atoms with Gasteiger partial charge in [0.15, 0.2) is 0 Å². The summed E-state index contributed by atoms with van der Waals surface area (Å²) in [5.74, 6) is -0.0279. The third kappa shape index (κ3) is 2.92. The van der Waals surface area contributed by atoms with Crippen molar-refractivity contribution in [3.8, 4) is 0 Å². The lowest BCUT2D eigenvalue weighted by Gasteiger charge is -2.03. The first-order valence-corrected chi connectivity index (χ1v) is 8.22. The number of thiophene rings is 1. The van der Waals surface area contributed by atoms with Gasteiger partial charge in [0.1, 0.15) is 9.88 Å². The van der Waals surface area contributed by atoms with Gasteiger partial charge in [0, 0.05) is 12.6 Å². The van der Waals surface area contributed by atoms with Crippen molar-refractivity contribution in [3.05, 3.63) is 4.88 Å². The molecular formula is C12H19N3OS2. The molecule has 0 saturated heterocycles. The van der Waals surface area contributed by atoms with Gasteiger partial charge in [-0.3, -0.25) is 4.79 Å². The first kappa shape index (κ1) is 13.5. The van der Waals surface area contributed by atoms with E-state index < -0.39 is 0 Å². The lowest BCUT2D eigenvalue weighted by molar-refractivity contribution is 0.0956. The van der Waals surface area contributed by atoms with Gasteiger partial charge in [-0.25, -0.2) is 0 Å². The van der Waals surface area contributed by atoms with Gasteiger partial charge in [-0.05, 0) is 25.5 Å². The zero-order chi connectivity index (χ0) is 13.1. The van der Waals surface area contributed by atoms with E-state index in [1.165, 1.54) is 11.3 Å². The number of anilines is 2. The van der Waals surface area contributed by atoms with Crippen LogP contribution in [0.5, 0.6) is 0 Å². The molecule has 4 N–H and O–H groups in total. The van der Waals surface area contributed by atoms with E-state index in [0.29, 0.717) is 16.6 Å². The van der Waals surface area contributed by atoms with Gasteiger partial charge in [0.2, 0.25) is 0 Å². The highest BCUT2D eigenvalue weighted by atomic mass is 32.2. The molecule has 1 aromatic rings. The Morgan fingerprint density at radius 1 is 1.56 bits per heavy atom. The van der Waals surface area contributed by atoms with Crippen LogP contribution in [0.15, 0.2) is 4.90 Å². The Morgan fingerprint density at radius 3 is 2.83 bits per heavy atom. The summed E-state index contributed by atoms with van der Waals surface area (Å²) >= 11 is 3.05. The molecule has 1 fully saturated rings. The second-order valence-corrected chi connectivity index (χ2v) is 6.22. The van der Waals surface area contributed by atoms with E-state index in [9.17, 15) is 4.79 Å². The van der Waals surface area contributed by atoms with Gasteiger partial charge < -0.3 is 16.4 Å². The standard InChI is InChI=1S/C12H19N3OS2/c1-3-6-14-12-10(17-2)8(13)9(18-12)11(16)15-7-4-5-7/h7,14H,3-6,13H2,1-2H3,(H,15,16). The summed E-state index contributed by atoms with van der Waals surface area (Å²) in [6.07, 6.45) is 5.22. The Bertz CT molecular complexity index is 441. The maximum Gasteiger partial charge on any atom is 0.263 e. The van der Waals surface area contributed by atoms with Crippen LogP contribution in [0.3, 0.4) is 0 Å². The minimum atomic E-state index is -0.0279. The highest BCUT2D eigenvalue weighted by Gasteiger charge is 2.27. The van der Waals surface area contributed by atoms with Crippen molar-refractivity contribution in [2.24, 2.45) is 0 Å². The van der Waals surface area contributed by atoms with Crippen LogP contribution in [0.4, 0.5) is 10.7 Å². The molecule has 0 aromatic carbocycles. The minimum Gasteiger partial charge on any atom is -0.396 e. The molecular weight excluding hydrogens is 266 g/mol. The van der Waals surface area contributed by atoms with Crippen LogP contribution < -0.4 is 16.4 Å². The number of carbonyl (C=O) groups is 1. The van der Waals surface area contributed by atoms with E-state index in [0.717, 1.165) is 35.7 Å². The number of thioether (sulfide) groups is 1. The van der Waals surface area contributed by atoms with E-state index in [-0.39, 0.29) is 5.91 Å². The number of amides is 1. The zero-order valence-corrected chi connectivity index (χ0v) is 12.3. The number of hydrogen-bond acceptors (Lipinski definition) is 5. The minimum absolute atomic E-state index is 0.0279. The van der Waals surface area contributed by atoms with Crippen LogP contribution in [0.1, 0.15) is 35.9 Å². The zero-order valence-electron chi connectivity index (χ0n) is 10.7. The molecule has 4 nitrogen and oxygen atoms in total. The summed E-state index contributed by atoms with van der Waals surface area (Å²) in [5.41, 5.74) is 6.69. The molecule has 6 heteroatoms. The predicted octanol–water partition coefficient (Wildman–Crippen LogP) is 2.77. The fraction of sp³-hybridized carbons (Fsp3) is 0.583. The fourth-order valence-corrected chi connectivity index (χ4v) is 3.60. The molecule has 100 valence electrons. The first-order chi connectivity index (χ1) is 8.67. The molecule has 0 spiro atoms. The summed E-state index contributed by atoms with van der Waals surface area (Å²) in [6.45, 7) is 3.01. The third-order valence-electron chi connectivity index (χ3n) is 2.76. The van der Waals surface area contributed by atoms with E-state index in [1.807, 2.05) is 6.26 Å². The van der Waals surface area contributed by atoms with Crippen molar-refractivity contribution >= 4 is 39.7 Å². The van der Waals surface area contributed by atoms with Crippen LogP contribution >= 0.6 is 23.1 Å². The number of hydrogen-bond donors (Lipinski definition) is 3. The van der Waals surface area contributed by atoms with Crippen molar-refractivity contribution in [1.82, 2.24) is 5.32 Å². The van der Waals surface area contributed by atoms with Crippen LogP contribution in [0.25, 0.3) is 0 Å². The van der Waals surface area contributed by atoms with Crippen LogP contribution in [-0.2, 0) is 0 Å². The number of carbonyl (C=O) groups excluding carboxylic acids is 1. The molecule has 1 aliphatic carbocycles. The quantitative estimate of drug-likeness (QED) is 0.703. The molecule has 18 heavy (non-hydrogen) atoms. The van der Waals surface area contributed by atoms with E-state index in [4.69, 9.17) is 5.73 Å². The van der Waals surface area contributed by atoms with E-state index >= 15 is 0 Å².